The third kappa shape index (κ3) is 3.07. The molecule has 3 aromatic rings. The van der Waals surface area contributed by atoms with Gasteiger partial charge in [0, 0.05) is 23.5 Å². The van der Waals surface area contributed by atoms with Crippen molar-refractivity contribution in [2.75, 3.05) is 0 Å². The van der Waals surface area contributed by atoms with Gasteiger partial charge < -0.3 is 9.88 Å². The number of benzene rings is 2. The Morgan fingerprint density at radius 1 is 1.04 bits per heavy atom. The fourth-order valence-electron chi connectivity index (χ4n) is 3.21. The number of pyridine rings is 1. The van der Waals surface area contributed by atoms with Crippen LogP contribution in [0.5, 0.6) is 0 Å². The van der Waals surface area contributed by atoms with Gasteiger partial charge in [0.2, 0.25) is 0 Å². The molecule has 25 heavy (non-hydrogen) atoms. The fraction of sp³-hybridized carbons (Fsp3) is 0.238. The molecule has 4 heteroatoms. The molecule has 0 bridgehead atoms. The van der Waals surface area contributed by atoms with Gasteiger partial charge in [-0.05, 0) is 25.0 Å². The average molecular weight is 334 g/mol. The van der Waals surface area contributed by atoms with Gasteiger partial charge in [0.1, 0.15) is 0 Å². The van der Waals surface area contributed by atoms with Crippen molar-refractivity contribution < 1.29 is 4.79 Å². The smallest absolute Gasteiger partial charge is 0.258 e. The standard InChI is InChI=1S/C21H22N2O2/c1-4-18(15-10-6-5-7-11-15)22-20(24)19-14(2)23(3)21(25)17-13-9-8-12-16(17)19/h5-13,18H,4H2,1-3H3,(H,22,24)/t18-/m0/s1. The molecule has 1 N–H and O–H groups in total. The van der Waals surface area contributed by atoms with Crippen LogP contribution in [0.15, 0.2) is 59.4 Å². The Bertz CT molecular complexity index is 974. The maximum Gasteiger partial charge on any atom is 0.258 e. The van der Waals surface area contributed by atoms with Gasteiger partial charge in [0.25, 0.3) is 11.5 Å². The second kappa shape index (κ2) is 6.93. The predicted octanol–water partition coefficient (Wildman–Crippen LogP) is 3.73. The molecule has 0 spiro atoms. The predicted molar refractivity (Wildman–Crippen MR) is 101 cm³/mol. The molecule has 1 atom stereocenters. The summed E-state index contributed by atoms with van der Waals surface area (Å²) in [6, 6.07) is 17.1. The quantitative estimate of drug-likeness (QED) is 0.790. The molecule has 0 aliphatic carbocycles. The Balaban J connectivity index is 2.07. The third-order valence-corrected chi connectivity index (χ3v) is 4.74. The number of fused-ring (bicyclic) bond motifs is 1. The minimum absolute atomic E-state index is 0.0657. The first kappa shape index (κ1) is 17.0. The SMILES string of the molecule is CC[C@H](NC(=O)c1c(C)n(C)c(=O)c2ccccc12)c1ccccc1. The summed E-state index contributed by atoms with van der Waals surface area (Å²) in [5.74, 6) is -0.153. The second-order valence-corrected chi connectivity index (χ2v) is 6.22. The number of carbonyl (C=O) groups excluding carboxylic acids is 1. The van der Waals surface area contributed by atoms with E-state index >= 15 is 0 Å². The molecule has 3 rings (SSSR count). The number of aromatic nitrogens is 1. The van der Waals surface area contributed by atoms with Crippen LogP contribution in [0.4, 0.5) is 0 Å². The van der Waals surface area contributed by atoms with Crippen molar-refractivity contribution >= 4 is 16.7 Å². The van der Waals surface area contributed by atoms with E-state index in [0.717, 1.165) is 12.0 Å². The number of amides is 1. The van der Waals surface area contributed by atoms with E-state index < -0.39 is 0 Å². The number of nitrogens with one attached hydrogen (secondary N) is 1. The Kier molecular flexibility index (Phi) is 4.70. The number of carbonyl (C=O) groups is 1. The second-order valence-electron chi connectivity index (χ2n) is 6.22. The van der Waals surface area contributed by atoms with Gasteiger partial charge in [0.05, 0.1) is 11.6 Å². The molecule has 2 aromatic carbocycles. The van der Waals surface area contributed by atoms with Crippen LogP contribution in [-0.2, 0) is 7.05 Å². The van der Waals surface area contributed by atoms with Gasteiger partial charge in [-0.3, -0.25) is 9.59 Å². The molecular weight excluding hydrogens is 312 g/mol. The van der Waals surface area contributed by atoms with Gasteiger partial charge in [0.15, 0.2) is 0 Å². The van der Waals surface area contributed by atoms with Crippen LogP contribution >= 0.6 is 0 Å². The maximum atomic E-state index is 13.1. The lowest BCUT2D eigenvalue weighted by molar-refractivity contribution is 0.0936. The van der Waals surface area contributed by atoms with Crippen molar-refractivity contribution in [3.05, 3.63) is 81.8 Å². The van der Waals surface area contributed by atoms with Crippen LogP contribution < -0.4 is 10.9 Å². The summed E-state index contributed by atoms with van der Waals surface area (Å²) in [4.78, 5) is 25.5. The minimum Gasteiger partial charge on any atom is -0.345 e. The molecule has 0 aliphatic heterocycles. The monoisotopic (exact) mass is 334 g/mol. The van der Waals surface area contributed by atoms with E-state index in [1.54, 1.807) is 17.7 Å². The van der Waals surface area contributed by atoms with Gasteiger partial charge in [-0.25, -0.2) is 0 Å². The Hall–Kier alpha value is -2.88. The normalized spacial score (nSPS) is 12.1. The zero-order valence-electron chi connectivity index (χ0n) is 14.7. The third-order valence-electron chi connectivity index (χ3n) is 4.74. The van der Waals surface area contributed by atoms with Crippen molar-refractivity contribution in [3.63, 3.8) is 0 Å². The van der Waals surface area contributed by atoms with Crippen LogP contribution in [0.3, 0.4) is 0 Å². The number of nitrogens with zero attached hydrogens (tertiary/aromatic N) is 1. The lowest BCUT2D eigenvalue weighted by atomic mass is 10.0. The molecule has 0 aliphatic rings. The number of hydrogen-bond donors (Lipinski definition) is 1. The molecule has 0 saturated carbocycles. The van der Waals surface area contributed by atoms with Crippen molar-refractivity contribution in [1.82, 2.24) is 9.88 Å². The fourth-order valence-corrected chi connectivity index (χ4v) is 3.21. The summed E-state index contributed by atoms with van der Waals surface area (Å²) in [6.07, 6.45) is 0.790. The van der Waals surface area contributed by atoms with E-state index in [-0.39, 0.29) is 17.5 Å². The van der Waals surface area contributed by atoms with Gasteiger partial charge >= 0.3 is 0 Å². The Morgan fingerprint density at radius 3 is 2.28 bits per heavy atom. The zero-order chi connectivity index (χ0) is 18.0. The van der Waals surface area contributed by atoms with E-state index in [4.69, 9.17) is 0 Å². The summed E-state index contributed by atoms with van der Waals surface area (Å²) in [5, 5.41) is 4.39. The van der Waals surface area contributed by atoms with Gasteiger partial charge in [-0.1, -0.05) is 55.5 Å². The van der Waals surface area contributed by atoms with E-state index in [1.165, 1.54) is 0 Å². The molecule has 128 valence electrons. The highest BCUT2D eigenvalue weighted by Crippen LogP contribution is 2.22. The molecule has 0 saturated heterocycles. The maximum absolute atomic E-state index is 13.1. The molecule has 0 radical (unpaired) electrons. The summed E-state index contributed by atoms with van der Waals surface area (Å²) < 4.78 is 1.54. The minimum atomic E-state index is -0.153. The highest BCUT2D eigenvalue weighted by molar-refractivity contribution is 6.07. The summed E-state index contributed by atoms with van der Waals surface area (Å²) in [5.41, 5.74) is 2.22. The highest BCUT2D eigenvalue weighted by Gasteiger charge is 2.20. The number of hydrogen-bond acceptors (Lipinski definition) is 2. The molecule has 0 unspecified atom stereocenters. The van der Waals surface area contributed by atoms with E-state index in [0.29, 0.717) is 22.0 Å². The van der Waals surface area contributed by atoms with Gasteiger partial charge in [-0.15, -0.1) is 0 Å². The molecule has 4 nitrogen and oxygen atoms in total. The summed E-state index contributed by atoms with van der Waals surface area (Å²) >= 11 is 0. The van der Waals surface area contributed by atoms with Crippen molar-refractivity contribution in [2.45, 2.75) is 26.3 Å². The largest absolute Gasteiger partial charge is 0.345 e. The van der Waals surface area contributed by atoms with Gasteiger partial charge in [-0.2, -0.15) is 0 Å². The van der Waals surface area contributed by atoms with Crippen molar-refractivity contribution in [3.8, 4) is 0 Å². The van der Waals surface area contributed by atoms with Crippen LogP contribution in [0, 0.1) is 6.92 Å². The topological polar surface area (TPSA) is 51.1 Å². The van der Waals surface area contributed by atoms with Crippen molar-refractivity contribution in [1.29, 1.82) is 0 Å². The highest BCUT2D eigenvalue weighted by atomic mass is 16.2. The molecule has 0 fully saturated rings. The first-order valence-corrected chi connectivity index (χ1v) is 8.48. The molecule has 1 heterocycles. The Labute approximate surface area is 147 Å². The zero-order valence-corrected chi connectivity index (χ0v) is 14.7. The first-order chi connectivity index (χ1) is 12.0. The lowest BCUT2D eigenvalue weighted by Gasteiger charge is -2.20. The first-order valence-electron chi connectivity index (χ1n) is 8.48. The molecule has 1 amide bonds. The molecule has 1 aromatic heterocycles. The van der Waals surface area contributed by atoms with Crippen LogP contribution in [-0.4, -0.2) is 10.5 Å². The summed E-state index contributed by atoms with van der Waals surface area (Å²) in [7, 11) is 1.70. The van der Waals surface area contributed by atoms with Crippen LogP contribution in [0.25, 0.3) is 10.8 Å². The van der Waals surface area contributed by atoms with E-state index in [2.05, 4.69) is 5.32 Å². The average Bonchev–Trinajstić information content (AvgIpc) is 2.65. The summed E-state index contributed by atoms with van der Waals surface area (Å²) in [6.45, 7) is 3.86. The number of rotatable bonds is 4. The van der Waals surface area contributed by atoms with Crippen LogP contribution in [0.1, 0.15) is 41.0 Å². The molecular formula is C21H22N2O2. The van der Waals surface area contributed by atoms with E-state index in [9.17, 15) is 9.59 Å². The van der Waals surface area contributed by atoms with Crippen molar-refractivity contribution in [2.24, 2.45) is 7.05 Å². The Morgan fingerprint density at radius 2 is 1.64 bits per heavy atom. The van der Waals surface area contributed by atoms with Crippen LogP contribution in [0.2, 0.25) is 0 Å². The lowest BCUT2D eigenvalue weighted by Crippen LogP contribution is -2.31. The van der Waals surface area contributed by atoms with E-state index in [1.807, 2.05) is 62.4 Å².